The Hall–Kier alpha value is -1.14. The fourth-order valence-electron chi connectivity index (χ4n) is 2.18. The predicted molar refractivity (Wildman–Crippen MR) is 70.3 cm³/mol. The summed E-state index contributed by atoms with van der Waals surface area (Å²) in [6, 6.07) is -0.384. The second-order valence-electron chi connectivity index (χ2n) is 5.12. The molecule has 0 spiro atoms. The fourth-order valence-corrected chi connectivity index (χ4v) is 2.18. The van der Waals surface area contributed by atoms with Gasteiger partial charge in [0, 0.05) is 12.6 Å². The number of hydrogen-bond donors (Lipinski definition) is 3. The van der Waals surface area contributed by atoms with Gasteiger partial charge in [0.2, 0.25) is 5.91 Å². The lowest BCUT2D eigenvalue weighted by molar-refractivity contribution is -0.120. The number of carbonyl (C=O) groups is 2. The van der Waals surface area contributed by atoms with E-state index < -0.39 is 6.03 Å². The van der Waals surface area contributed by atoms with E-state index in [-0.39, 0.29) is 11.9 Å². The molecule has 0 bridgehead atoms. The van der Waals surface area contributed by atoms with Crippen molar-refractivity contribution >= 4 is 11.9 Å². The lowest BCUT2D eigenvalue weighted by Crippen LogP contribution is -2.46. The van der Waals surface area contributed by atoms with Gasteiger partial charge in [0.25, 0.3) is 0 Å². The molecular formula is C12H24N4O2. The Kier molecular flexibility index (Phi) is 6.07. The van der Waals surface area contributed by atoms with E-state index in [9.17, 15) is 9.59 Å². The molecule has 1 heterocycles. The second-order valence-corrected chi connectivity index (χ2v) is 5.12. The topological polar surface area (TPSA) is 73.5 Å². The van der Waals surface area contributed by atoms with Crippen molar-refractivity contribution in [1.29, 1.82) is 0 Å². The smallest absolute Gasteiger partial charge is 0.321 e. The number of likely N-dealkylation sites (tertiary alicyclic amines) is 1. The van der Waals surface area contributed by atoms with Gasteiger partial charge in [-0.2, -0.15) is 0 Å². The van der Waals surface area contributed by atoms with Crippen LogP contribution in [0.25, 0.3) is 0 Å². The third kappa shape index (κ3) is 5.46. The summed E-state index contributed by atoms with van der Waals surface area (Å²) < 4.78 is 0. The number of carbonyl (C=O) groups excluding carboxylic acids is 2. The van der Waals surface area contributed by atoms with Gasteiger partial charge in [-0.15, -0.1) is 0 Å². The van der Waals surface area contributed by atoms with Crippen molar-refractivity contribution in [2.24, 2.45) is 5.92 Å². The molecule has 104 valence electrons. The summed E-state index contributed by atoms with van der Waals surface area (Å²) in [5, 5.41) is 8.11. The minimum Gasteiger partial charge on any atom is -0.336 e. The Morgan fingerprint density at radius 3 is 2.72 bits per heavy atom. The lowest BCUT2D eigenvalue weighted by atomic mass is 10.1. The molecule has 0 aromatic carbocycles. The first kappa shape index (κ1) is 14.9. The first-order chi connectivity index (χ1) is 8.51. The highest BCUT2D eigenvalue weighted by molar-refractivity contribution is 5.95. The molecule has 0 radical (unpaired) electrons. The molecule has 1 unspecified atom stereocenters. The van der Waals surface area contributed by atoms with Crippen LogP contribution >= 0.6 is 0 Å². The monoisotopic (exact) mass is 256 g/mol. The van der Waals surface area contributed by atoms with Crippen LogP contribution < -0.4 is 16.0 Å². The van der Waals surface area contributed by atoms with Crippen molar-refractivity contribution in [3.63, 3.8) is 0 Å². The van der Waals surface area contributed by atoms with Crippen molar-refractivity contribution in [3.8, 4) is 0 Å². The van der Waals surface area contributed by atoms with E-state index in [1.165, 1.54) is 0 Å². The van der Waals surface area contributed by atoms with E-state index in [0.29, 0.717) is 12.5 Å². The van der Waals surface area contributed by atoms with Gasteiger partial charge in [0.05, 0.1) is 6.54 Å². The van der Waals surface area contributed by atoms with E-state index in [4.69, 9.17) is 0 Å². The molecule has 3 amide bonds. The Labute approximate surface area is 108 Å². The van der Waals surface area contributed by atoms with Gasteiger partial charge in [0.1, 0.15) is 0 Å². The van der Waals surface area contributed by atoms with Crippen LogP contribution in [-0.4, -0.2) is 56.1 Å². The summed E-state index contributed by atoms with van der Waals surface area (Å²) >= 11 is 0. The van der Waals surface area contributed by atoms with Crippen molar-refractivity contribution < 1.29 is 9.59 Å². The maximum atomic E-state index is 11.6. The van der Waals surface area contributed by atoms with Crippen LogP contribution in [0, 0.1) is 5.92 Å². The Balaban J connectivity index is 2.23. The third-order valence-electron chi connectivity index (χ3n) is 2.90. The van der Waals surface area contributed by atoms with Crippen LogP contribution in [0.4, 0.5) is 4.79 Å². The summed E-state index contributed by atoms with van der Waals surface area (Å²) in [4.78, 5) is 25.0. The predicted octanol–water partition coefficient (Wildman–Crippen LogP) is -0.238. The van der Waals surface area contributed by atoms with E-state index in [1.54, 1.807) is 0 Å². The van der Waals surface area contributed by atoms with Gasteiger partial charge in [0.15, 0.2) is 0 Å². The van der Waals surface area contributed by atoms with Crippen molar-refractivity contribution in [1.82, 2.24) is 20.9 Å². The summed E-state index contributed by atoms with van der Waals surface area (Å²) in [6.45, 7) is 6.82. The second kappa shape index (κ2) is 7.33. The lowest BCUT2D eigenvalue weighted by Gasteiger charge is -2.16. The number of nitrogens with one attached hydrogen (secondary N) is 3. The average Bonchev–Trinajstić information content (AvgIpc) is 2.64. The minimum atomic E-state index is -0.416. The zero-order valence-corrected chi connectivity index (χ0v) is 11.5. The largest absolute Gasteiger partial charge is 0.336 e. The minimum absolute atomic E-state index is 0.0320. The molecule has 1 aliphatic rings. The van der Waals surface area contributed by atoms with Gasteiger partial charge < -0.3 is 10.6 Å². The highest BCUT2D eigenvalue weighted by Gasteiger charge is 2.23. The molecule has 3 N–H and O–H groups in total. The van der Waals surface area contributed by atoms with Crippen LogP contribution in [0.2, 0.25) is 0 Å². The molecule has 6 heteroatoms. The summed E-state index contributed by atoms with van der Waals surface area (Å²) in [5.74, 6) is 0.366. The van der Waals surface area contributed by atoms with Crippen LogP contribution in [0.3, 0.4) is 0 Å². The van der Waals surface area contributed by atoms with Gasteiger partial charge in [-0.1, -0.05) is 0 Å². The van der Waals surface area contributed by atoms with Crippen LogP contribution in [0.15, 0.2) is 0 Å². The van der Waals surface area contributed by atoms with Crippen LogP contribution in [0.1, 0.15) is 20.3 Å². The number of imide groups is 1. The molecule has 0 aromatic rings. The van der Waals surface area contributed by atoms with E-state index in [1.807, 2.05) is 20.9 Å². The van der Waals surface area contributed by atoms with Gasteiger partial charge in [-0.05, 0) is 46.3 Å². The maximum Gasteiger partial charge on any atom is 0.321 e. The molecule has 0 aliphatic carbocycles. The van der Waals surface area contributed by atoms with Crippen molar-refractivity contribution in [2.75, 3.05) is 33.2 Å². The molecular weight excluding hydrogens is 232 g/mol. The summed E-state index contributed by atoms with van der Waals surface area (Å²) in [5.41, 5.74) is 0. The first-order valence-electron chi connectivity index (χ1n) is 6.48. The summed E-state index contributed by atoms with van der Waals surface area (Å²) in [7, 11) is 1.94. The molecule has 1 aliphatic heterocycles. The molecule has 18 heavy (non-hydrogen) atoms. The molecule has 1 rings (SSSR count). The highest BCUT2D eigenvalue weighted by atomic mass is 16.2. The first-order valence-corrected chi connectivity index (χ1v) is 6.48. The molecule has 0 aromatic heterocycles. The standard InChI is InChI=1S/C12H24N4O2/c1-9(2)14-12(18)15-11(17)8-16-5-4-10(7-16)6-13-3/h9-10,13H,4-8H2,1-3H3,(H2,14,15,17,18). The van der Waals surface area contributed by atoms with Gasteiger partial charge in [-0.25, -0.2) is 4.79 Å². The number of hydrogen-bond acceptors (Lipinski definition) is 4. The Morgan fingerprint density at radius 2 is 2.11 bits per heavy atom. The number of urea groups is 1. The van der Waals surface area contributed by atoms with E-state index in [0.717, 1.165) is 26.1 Å². The van der Waals surface area contributed by atoms with E-state index >= 15 is 0 Å². The zero-order valence-electron chi connectivity index (χ0n) is 11.5. The summed E-state index contributed by atoms with van der Waals surface area (Å²) in [6.07, 6.45) is 1.10. The van der Waals surface area contributed by atoms with Gasteiger partial charge in [-0.3, -0.25) is 15.0 Å². The van der Waals surface area contributed by atoms with Crippen molar-refractivity contribution in [3.05, 3.63) is 0 Å². The van der Waals surface area contributed by atoms with E-state index in [2.05, 4.69) is 20.9 Å². The maximum absolute atomic E-state index is 11.6. The fraction of sp³-hybridized carbons (Fsp3) is 0.833. The third-order valence-corrected chi connectivity index (χ3v) is 2.90. The van der Waals surface area contributed by atoms with Gasteiger partial charge >= 0.3 is 6.03 Å². The highest BCUT2D eigenvalue weighted by Crippen LogP contribution is 2.14. The molecule has 0 saturated carbocycles. The normalized spacial score (nSPS) is 20.1. The van der Waals surface area contributed by atoms with Crippen LogP contribution in [-0.2, 0) is 4.79 Å². The molecule has 1 atom stereocenters. The van der Waals surface area contributed by atoms with Crippen LogP contribution in [0.5, 0.6) is 0 Å². The number of amides is 3. The van der Waals surface area contributed by atoms with Crippen molar-refractivity contribution in [2.45, 2.75) is 26.3 Å². The Morgan fingerprint density at radius 1 is 1.39 bits per heavy atom. The number of nitrogens with zero attached hydrogens (tertiary/aromatic N) is 1. The quantitative estimate of drug-likeness (QED) is 0.635. The number of rotatable bonds is 5. The zero-order chi connectivity index (χ0) is 13.5. The average molecular weight is 256 g/mol. The SMILES string of the molecule is CNCC1CCN(CC(=O)NC(=O)NC(C)C)C1. The Bertz CT molecular complexity index is 294. The molecule has 6 nitrogen and oxygen atoms in total. The molecule has 1 fully saturated rings. The molecule has 1 saturated heterocycles.